The monoisotopic (exact) mass is 545 g/mol. The fraction of sp³-hybridized carbons (Fsp3) is 0.424. The smallest absolute Gasteiger partial charge is 0.250 e. The molecule has 217 valence electrons. The van der Waals surface area contributed by atoms with Gasteiger partial charge in [0, 0.05) is 65.0 Å². The van der Waals surface area contributed by atoms with Crippen molar-refractivity contribution in [2.24, 2.45) is 9.98 Å². The number of aromatic nitrogens is 1. The first-order valence-electron chi connectivity index (χ1n) is 13.7. The third kappa shape index (κ3) is 7.61. The summed E-state index contributed by atoms with van der Waals surface area (Å²) in [5, 5.41) is 7.03. The highest BCUT2D eigenvalue weighted by Crippen LogP contribution is 2.26. The molecular weight excluding hydrogens is 496 g/mol. The Labute approximate surface area is 243 Å². The standard InChI is InChI=1S/C32H41N6O.CH4.2H2/c1-22(18-34-19-23(2)17-28-20-33-15-13-24(28)3)14-16-38-30(27-9-7-8-10-27)35-21-32(6,31(38)39)37-26(5)29-12-11-25(4)36-29;;;/h7-10,12-13,15,17,20,26,34,37H,1,11,14,16,18-19,21H2,2-6H3;1H4;2*1H/b23-17+;;;/t26-,32?;;;/m1.../s1. The van der Waals surface area contributed by atoms with E-state index >= 15 is 0 Å². The maximum absolute atomic E-state index is 14.0. The van der Waals surface area contributed by atoms with Crippen LogP contribution in [-0.4, -0.2) is 65.1 Å². The third-order valence-corrected chi connectivity index (χ3v) is 7.29. The molecule has 0 saturated carbocycles. The third-order valence-electron chi connectivity index (χ3n) is 7.29. The summed E-state index contributed by atoms with van der Waals surface area (Å²) in [5.41, 5.74) is 6.86. The van der Waals surface area contributed by atoms with Gasteiger partial charge in [0.25, 0.3) is 0 Å². The van der Waals surface area contributed by atoms with Gasteiger partial charge < -0.3 is 5.32 Å². The average Bonchev–Trinajstić information content (AvgIpc) is 3.59. The van der Waals surface area contributed by atoms with Crippen molar-refractivity contribution in [3.05, 3.63) is 89.3 Å². The Balaban J connectivity index is 0.00000294. The molecule has 2 aliphatic heterocycles. The highest BCUT2D eigenvalue weighted by atomic mass is 16.2. The number of hydrogen-bond acceptors (Lipinski definition) is 6. The van der Waals surface area contributed by atoms with Crippen LogP contribution >= 0.6 is 0 Å². The van der Waals surface area contributed by atoms with Gasteiger partial charge in [-0.2, -0.15) is 0 Å². The van der Waals surface area contributed by atoms with Gasteiger partial charge in [-0.15, -0.1) is 0 Å². The molecule has 1 aromatic heterocycles. The second-order valence-corrected chi connectivity index (χ2v) is 11.0. The van der Waals surface area contributed by atoms with Crippen LogP contribution in [0, 0.1) is 13.3 Å². The average molecular weight is 546 g/mol. The van der Waals surface area contributed by atoms with Gasteiger partial charge in [0.05, 0.1) is 12.2 Å². The van der Waals surface area contributed by atoms with Crippen molar-refractivity contribution in [2.75, 3.05) is 26.2 Å². The van der Waals surface area contributed by atoms with Gasteiger partial charge in [0.2, 0.25) is 5.91 Å². The Morgan fingerprint density at radius 2 is 2.10 bits per heavy atom. The zero-order chi connectivity index (χ0) is 28.0. The molecule has 0 aromatic carbocycles. The Bertz CT molecular complexity index is 1310. The number of aliphatic imine (C=N–C) groups is 2. The molecule has 1 unspecified atom stereocenters. The summed E-state index contributed by atoms with van der Waals surface area (Å²) in [4.78, 5) is 29.6. The quantitative estimate of drug-likeness (QED) is 0.321. The minimum atomic E-state index is -0.811. The number of amidine groups is 1. The number of carbonyl (C=O) groups is 1. The summed E-state index contributed by atoms with van der Waals surface area (Å²) in [7, 11) is 0. The molecule has 3 aliphatic rings. The molecule has 1 aromatic rings. The van der Waals surface area contributed by atoms with Crippen LogP contribution in [0.15, 0.2) is 81.7 Å². The van der Waals surface area contributed by atoms with Gasteiger partial charge in [0.15, 0.2) is 0 Å². The van der Waals surface area contributed by atoms with Crippen LogP contribution in [0.2, 0.25) is 0 Å². The Morgan fingerprint density at radius 1 is 1.30 bits per heavy atom. The van der Waals surface area contributed by atoms with E-state index in [1.165, 1.54) is 11.1 Å². The minimum Gasteiger partial charge on any atom is -0.309 e. The predicted molar refractivity (Wildman–Crippen MR) is 173 cm³/mol. The number of allylic oxidation sites excluding steroid dienone is 4. The van der Waals surface area contributed by atoms with E-state index in [0.717, 1.165) is 46.9 Å². The maximum Gasteiger partial charge on any atom is 0.250 e. The first kappa shape index (κ1) is 31.1. The molecule has 7 nitrogen and oxygen atoms in total. The maximum atomic E-state index is 14.0. The number of carbonyl (C=O) groups excluding carboxylic acids is 1. The van der Waals surface area contributed by atoms with Gasteiger partial charge in [-0.1, -0.05) is 55.5 Å². The topological polar surface area (TPSA) is 82.0 Å². The van der Waals surface area contributed by atoms with Crippen LogP contribution < -0.4 is 10.6 Å². The summed E-state index contributed by atoms with van der Waals surface area (Å²) in [6, 6.07) is 1.98. The highest BCUT2D eigenvalue weighted by Gasteiger charge is 2.43. The van der Waals surface area contributed by atoms with Crippen LogP contribution in [0.1, 0.15) is 61.9 Å². The van der Waals surface area contributed by atoms with Gasteiger partial charge in [0.1, 0.15) is 11.4 Å². The lowest BCUT2D eigenvalue weighted by Gasteiger charge is -2.40. The summed E-state index contributed by atoms with van der Waals surface area (Å²) in [6.07, 6.45) is 17.5. The van der Waals surface area contributed by atoms with Crippen molar-refractivity contribution in [3.8, 4) is 0 Å². The van der Waals surface area contributed by atoms with E-state index in [0.29, 0.717) is 26.1 Å². The molecule has 4 rings (SSSR count). The number of aryl methyl sites for hydroxylation is 1. The Morgan fingerprint density at radius 3 is 2.77 bits per heavy atom. The molecule has 1 amide bonds. The first-order chi connectivity index (χ1) is 18.7. The molecular formula is C33H49N6O. The van der Waals surface area contributed by atoms with Crippen LogP contribution in [0.5, 0.6) is 0 Å². The zero-order valence-electron chi connectivity index (χ0n) is 23.9. The number of amides is 1. The molecule has 1 aliphatic carbocycles. The largest absolute Gasteiger partial charge is 0.309 e. The van der Waals surface area contributed by atoms with E-state index in [9.17, 15) is 4.79 Å². The van der Waals surface area contributed by atoms with Gasteiger partial charge >= 0.3 is 0 Å². The minimum absolute atomic E-state index is 0. The lowest BCUT2D eigenvalue weighted by atomic mass is 9.94. The van der Waals surface area contributed by atoms with Gasteiger partial charge in [-0.25, -0.2) is 0 Å². The molecule has 3 heterocycles. The Kier molecular flexibility index (Phi) is 10.7. The van der Waals surface area contributed by atoms with Gasteiger partial charge in [-0.05, 0) is 58.2 Å². The van der Waals surface area contributed by atoms with Crippen molar-refractivity contribution >= 4 is 23.5 Å². The second kappa shape index (κ2) is 13.8. The van der Waals surface area contributed by atoms with Crippen molar-refractivity contribution in [1.82, 2.24) is 20.5 Å². The van der Waals surface area contributed by atoms with Crippen molar-refractivity contribution in [3.63, 3.8) is 0 Å². The molecule has 40 heavy (non-hydrogen) atoms. The lowest BCUT2D eigenvalue weighted by molar-refractivity contribution is -0.134. The highest BCUT2D eigenvalue weighted by molar-refractivity contribution is 6.13. The molecule has 0 fully saturated rings. The van der Waals surface area contributed by atoms with E-state index in [-0.39, 0.29) is 22.2 Å². The van der Waals surface area contributed by atoms with Crippen LogP contribution in [-0.2, 0) is 4.79 Å². The first-order valence-corrected chi connectivity index (χ1v) is 13.7. The van der Waals surface area contributed by atoms with Crippen LogP contribution in [0.25, 0.3) is 6.08 Å². The number of nitrogens with one attached hydrogen (secondary N) is 2. The number of pyridine rings is 1. The summed E-state index contributed by atoms with van der Waals surface area (Å²) >= 11 is 0. The van der Waals surface area contributed by atoms with E-state index in [1.54, 1.807) is 0 Å². The summed E-state index contributed by atoms with van der Waals surface area (Å²) in [5.74, 6) is 0.767. The summed E-state index contributed by atoms with van der Waals surface area (Å²) in [6.45, 7) is 16.9. The van der Waals surface area contributed by atoms with E-state index in [2.05, 4.69) is 60.1 Å². The fourth-order valence-electron chi connectivity index (χ4n) is 4.99. The molecule has 7 heteroatoms. The van der Waals surface area contributed by atoms with Crippen LogP contribution in [0.4, 0.5) is 0 Å². The zero-order valence-corrected chi connectivity index (χ0v) is 23.9. The molecule has 0 spiro atoms. The Hall–Kier alpha value is -3.42. The SMILES string of the molecule is C.C=C(CCN1C(=O)C(C)(N[C@H](C)C2=CCC(C)=N2)CN=C1C1=CC=C[CH]1)CNC/C(C)=C/c1cnccc1C.[HH].[HH]. The predicted octanol–water partition coefficient (Wildman–Crippen LogP) is 5.88. The number of hydrogen-bond donors (Lipinski definition) is 2. The lowest BCUT2D eigenvalue weighted by Crippen LogP contribution is -2.64. The van der Waals surface area contributed by atoms with E-state index in [4.69, 9.17) is 4.99 Å². The van der Waals surface area contributed by atoms with Crippen molar-refractivity contribution in [2.45, 2.75) is 66.5 Å². The molecule has 1 radical (unpaired) electrons. The van der Waals surface area contributed by atoms with Crippen molar-refractivity contribution in [1.29, 1.82) is 0 Å². The normalized spacial score (nSPS) is 21.5. The summed E-state index contributed by atoms with van der Waals surface area (Å²) < 4.78 is 0. The van der Waals surface area contributed by atoms with Crippen molar-refractivity contribution < 1.29 is 7.65 Å². The molecule has 2 atom stereocenters. The van der Waals surface area contributed by atoms with Gasteiger partial charge in [-0.3, -0.25) is 30.0 Å². The molecule has 2 N–H and O–H groups in total. The molecule has 0 bridgehead atoms. The molecule has 0 saturated heterocycles. The van der Waals surface area contributed by atoms with E-state index in [1.807, 2.05) is 61.9 Å². The van der Waals surface area contributed by atoms with Crippen LogP contribution in [0.3, 0.4) is 0 Å². The fourth-order valence-corrected chi connectivity index (χ4v) is 4.99. The second-order valence-electron chi connectivity index (χ2n) is 11.0. The number of nitrogens with zero attached hydrogens (tertiary/aromatic N) is 4. The van der Waals surface area contributed by atoms with E-state index < -0.39 is 5.54 Å². The number of rotatable bonds is 12.